The minimum atomic E-state index is -0.222. The molecule has 0 saturated heterocycles. The Morgan fingerprint density at radius 1 is 1.30 bits per heavy atom. The van der Waals surface area contributed by atoms with E-state index in [1.54, 1.807) is 18.3 Å². The van der Waals surface area contributed by atoms with Crippen LogP contribution in [0.4, 0.5) is 0 Å². The van der Waals surface area contributed by atoms with E-state index in [1.165, 1.54) is 0 Å². The summed E-state index contributed by atoms with van der Waals surface area (Å²) in [4.78, 5) is 27.1. The number of carbonyl (C=O) groups excluding carboxylic acids is 2. The molecule has 0 aliphatic rings. The summed E-state index contributed by atoms with van der Waals surface area (Å²) in [7, 11) is 0. The highest BCUT2D eigenvalue weighted by atomic mass is 35.5. The highest BCUT2D eigenvalue weighted by Crippen LogP contribution is 2.01. The van der Waals surface area contributed by atoms with Crippen molar-refractivity contribution in [2.75, 3.05) is 13.1 Å². The number of nitrogens with zero attached hydrogens (tertiary/aromatic N) is 1. The van der Waals surface area contributed by atoms with E-state index < -0.39 is 0 Å². The van der Waals surface area contributed by atoms with E-state index in [9.17, 15) is 9.59 Å². The Labute approximate surface area is 124 Å². The monoisotopic (exact) mass is 300 g/mol. The fraction of sp³-hybridized carbons (Fsp3) is 0.462. The maximum absolute atomic E-state index is 11.8. The van der Waals surface area contributed by atoms with Gasteiger partial charge in [-0.2, -0.15) is 0 Å². The molecule has 7 heteroatoms. The summed E-state index contributed by atoms with van der Waals surface area (Å²) in [5, 5.41) is 5.44. The van der Waals surface area contributed by atoms with Crippen molar-refractivity contribution in [2.45, 2.75) is 26.3 Å². The Morgan fingerprint density at radius 3 is 2.70 bits per heavy atom. The average molecular weight is 301 g/mol. The predicted octanol–water partition coefficient (Wildman–Crippen LogP) is 0.608. The van der Waals surface area contributed by atoms with Crippen LogP contribution in [0.2, 0.25) is 0 Å². The molecule has 0 bridgehead atoms. The summed E-state index contributed by atoms with van der Waals surface area (Å²) in [6, 6.07) is 3.26. The van der Waals surface area contributed by atoms with E-state index >= 15 is 0 Å². The van der Waals surface area contributed by atoms with Gasteiger partial charge < -0.3 is 16.4 Å². The molecule has 0 fully saturated rings. The molecule has 0 aromatic carbocycles. The van der Waals surface area contributed by atoms with Crippen molar-refractivity contribution >= 4 is 24.2 Å². The largest absolute Gasteiger partial charge is 0.356 e. The molecule has 1 heterocycles. The van der Waals surface area contributed by atoms with E-state index in [0.717, 1.165) is 6.42 Å². The van der Waals surface area contributed by atoms with Crippen molar-refractivity contribution in [3.8, 4) is 0 Å². The molecule has 1 aromatic heterocycles. The third-order valence-corrected chi connectivity index (χ3v) is 2.50. The first-order valence-corrected chi connectivity index (χ1v) is 6.37. The first-order chi connectivity index (χ1) is 9.17. The second-order valence-electron chi connectivity index (χ2n) is 4.10. The van der Waals surface area contributed by atoms with Gasteiger partial charge in [-0.1, -0.05) is 6.92 Å². The maximum atomic E-state index is 11.8. The van der Waals surface area contributed by atoms with E-state index in [0.29, 0.717) is 30.9 Å². The molecule has 0 aliphatic heterocycles. The lowest BCUT2D eigenvalue weighted by Crippen LogP contribution is -2.31. The normalized spacial score (nSPS) is 9.50. The Hall–Kier alpha value is -1.66. The predicted molar refractivity (Wildman–Crippen MR) is 79.6 cm³/mol. The number of nitrogens with two attached hydrogens (primary N) is 1. The number of carbonyl (C=O) groups is 2. The van der Waals surface area contributed by atoms with Gasteiger partial charge in [-0.05, 0) is 18.6 Å². The van der Waals surface area contributed by atoms with Crippen LogP contribution in [0.1, 0.15) is 35.8 Å². The lowest BCUT2D eigenvalue weighted by atomic mass is 10.2. The van der Waals surface area contributed by atoms with Gasteiger partial charge in [0, 0.05) is 37.8 Å². The lowest BCUT2D eigenvalue weighted by Gasteiger charge is -2.06. The summed E-state index contributed by atoms with van der Waals surface area (Å²) in [6.45, 7) is 3.26. The zero-order chi connectivity index (χ0) is 14.1. The zero-order valence-corrected chi connectivity index (χ0v) is 12.3. The highest BCUT2D eigenvalue weighted by molar-refractivity contribution is 5.94. The van der Waals surface area contributed by atoms with E-state index in [-0.39, 0.29) is 30.6 Å². The number of rotatable bonds is 7. The molecule has 0 saturated carbocycles. The van der Waals surface area contributed by atoms with Crippen LogP contribution in [0.5, 0.6) is 0 Å². The first kappa shape index (κ1) is 18.3. The number of hydrogen-bond acceptors (Lipinski definition) is 4. The van der Waals surface area contributed by atoms with E-state index in [2.05, 4.69) is 15.6 Å². The van der Waals surface area contributed by atoms with Gasteiger partial charge >= 0.3 is 0 Å². The van der Waals surface area contributed by atoms with Crippen molar-refractivity contribution in [3.05, 3.63) is 29.6 Å². The smallest absolute Gasteiger partial charge is 0.251 e. The van der Waals surface area contributed by atoms with Crippen molar-refractivity contribution in [2.24, 2.45) is 5.73 Å². The number of aromatic nitrogens is 1. The highest BCUT2D eigenvalue weighted by Gasteiger charge is 2.07. The van der Waals surface area contributed by atoms with Gasteiger partial charge in [-0.15, -0.1) is 12.4 Å². The molecule has 0 radical (unpaired) electrons. The summed E-state index contributed by atoms with van der Waals surface area (Å²) >= 11 is 0. The third kappa shape index (κ3) is 6.49. The molecule has 0 spiro atoms. The molecule has 1 aromatic rings. The van der Waals surface area contributed by atoms with Crippen LogP contribution in [0.25, 0.3) is 0 Å². The third-order valence-electron chi connectivity index (χ3n) is 2.50. The van der Waals surface area contributed by atoms with Crippen LogP contribution < -0.4 is 16.4 Å². The minimum absolute atomic E-state index is 0. The van der Waals surface area contributed by atoms with Gasteiger partial charge in [-0.25, -0.2) is 0 Å². The van der Waals surface area contributed by atoms with E-state index in [1.807, 2.05) is 6.92 Å². The van der Waals surface area contributed by atoms with Gasteiger partial charge in [0.25, 0.3) is 5.91 Å². The minimum Gasteiger partial charge on any atom is -0.356 e. The number of pyridine rings is 1. The van der Waals surface area contributed by atoms with Crippen LogP contribution in [0.3, 0.4) is 0 Å². The van der Waals surface area contributed by atoms with Gasteiger partial charge in [0.05, 0.1) is 5.69 Å². The fourth-order valence-corrected chi connectivity index (χ4v) is 1.48. The van der Waals surface area contributed by atoms with Crippen LogP contribution in [-0.2, 0) is 11.3 Å². The summed E-state index contributed by atoms with van der Waals surface area (Å²) in [5.41, 5.74) is 6.62. The molecule has 0 unspecified atom stereocenters. The van der Waals surface area contributed by atoms with E-state index in [4.69, 9.17) is 5.73 Å². The molecular formula is C13H21ClN4O2. The molecule has 0 aliphatic carbocycles. The average Bonchev–Trinajstić information content (AvgIpc) is 2.45. The topological polar surface area (TPSA) is 97.1 Å². The van der Waals surface area contributed by atoms with Gasteiger partial charge in [0.2, 0.25) is 5.91 Å². The molecule has 112 valence electrons. The zero-order valence-electron chi connectivity index (χ0n) is 11.5. The number of halogens is 1. The number of hydrogen-bond donors (Lipinski definition) is 3. The number of amides is 2. The van der Waals surface area contributed by atoms with Gasteiger partial charge in [0.1, 0.15) is 0 Å². The fourth-order valence-electron chi connectivity index (χ4n) is 1.48. The van der Waals surface area contributed by atoms with Gasteiger partial charge in [-0.3, -0.25) is 14.6 Å². The summed E-state index contributed by atoms with van der Waals surface area (Å²) in [6.07, 6.45) is 2.72. The molecule has 1 rings (SSSR count). The molecule has 6 nitrogen and oxygen atoms in total. The van der Waals surface area contributed by atoms with Crippen LogP contribution >= 0.6 is 12.4 Å². The van der Waals surface area contributed by atoms with Crippen molar-refractivity contribution in [3.63, 3.8) is 0 Å². The van der Waals surface area contributed by atoms with Crippen LogP contribution in [-0.4, -0.2) is 29.9 Å². The summed E-state index contributed by atoms with van der Waals surface area (Å²) < 4.78 is 0. The Kier molecular flexibility index (Phi) is 9.32. The second-order valence-corrected chi connectivity index (χ2v) is 4.10. The van der Waals surface area contributed by atoms with Crippen molar-refractivity contribution in [1.82, 2.24) is 15.6 Å². The Balaban J connectivity index is 0.00000361. The van der Waals surface area contributed by atoms with Crippen molar-refractivity contribution < 1.29 is 9.59 Å². The molecule has 2 amide bonds. The molecule has 0 atom stereocenters. The standard InChI is InChI=1S/C13H20N4O2.ClH/c1-2-5-16-12(18)4-7-17-13(19)10-3-6-15-11(8-10)9-14;/h3,6,8H,2,4-5,7,9,14H2,1H3,(H,16,18)(H,17,19);1H. The van der Waals surface area contributed by atoms with Crippen LogP contribution in [0.15, 0.2) is 18.3 Å². The second kappa shape index (κ2) is 10.2. The SMILES string of the molecule is CCCNC(=O)CCNC(=O)c1ccnc(CN)c1.Cl. The quantitative estimate of drug-likeness (QED) is 0.687. The van der Waals surface area contributed by atoms with Crippen molar-refractivity contribution in [1.29, 1.82) is 0 Å². The lowest BCUT2D eigenvalue weighted by molar-refractivity contribution is -0.120. The molecule has 4 N–H and O–H groups in total. The Morgan fingerprint density at radius 2 is 2.05 bits per heavy atom. The summed E-state index contributed by atoms with van der Waals surface area (Å²) in [5.74, 6) is -0.278. The van der Waals surface area contributed by atoms with Gasteiger partial charge in [0.15, 0.2) is 0 Å². The maximum Gasteiger partial charge on any atom is 0.251 e. The Bertz CT molecular complexity index is 440. The first-order valence-electron chi connectivity index (χ1n) is 6.37. The van der Waals surface area contributed by atoms with Crippen LogP contribution in [0, 0.1) is 0 Å². The molecule has 20 heavy (non-hydrogen) atoms. The number of nitrogens with one attached hydrogen (secondary N) is 2. The molecular weight excluding hydrogens is 280 g/mol.